The topological polar surface area (TPSA) is 76.1 Å². The molecule has 2 aromatic rings. The van der Waals surface area contributed by atoms with Crippen LogP contribution in [0.4, 0.5) is 11.5 Å². The van der Waals surface area contributed by atoms with E-state index in [0.29, 0.717) is 17.4 Å². The predicted octanol–water partition coefficient (Wildman–Crippen LogP) is 3.40. The molecule has 3 rings (SSSR count). The van der Waals surface area contributed by atoms with Crippen LogP contribution in [0.25, 0.3) is 0 Å². The minimum Gasteiger partial charge on any atom is -0.376 e. The number of ether oxygens (including phenoxy) is 1. The molecular formula is C18H21ClN4O2. The molecule has 7 heteroatoms. The minimum absolute atomic E-state index is 0.101. The van der Waals surface area contributed by atoms with Gasteiger partial charge in [-0.05, 0) is 56.0 Å². The van der Waals surface area contributed by atoms with Crippen molar-refractivity contribution < 1.29 is 9.53 Å². The molecule has 2 heterocycles. The summed E-state index contributed by atoms with van der Waals surface area (Å²) in [6.45, 7) is 5.23. The Kier molecular flexibility index (Phi) is 5.50. The highest BCUT2D eigenvalue weighted by atomic mass is 35.5. The SMILES string of the molecule is Cc1cc(C)c(Nc2ccc(C(=O)NCC3CCCO3)nn2)c(Cl)c1. The second-order valence-corrected chi connectivity index (χ2v) is 6.62. The lowest BCUT2D eigenvalue weighted by molar-refractivity contribution is 0.0853. The molecule has 1 aromatic carbocycles. The average Bonchev–Trinajstić information content (AvgIpc) is 3.10. The second kappa shape index (κ2) is 7.80. The van der Waals surface area contributed by atoms with Crippen LogP contribution in [0.3, 0.4) is 0 Å². The molecule has 132 valence electrons. The lowest BCUT2D eigenvalue weighted by Gasteiger charge is -2.12. The molecule has 2 N–H and O–H groups in total. The third kappa shape index (κ3) is 4.46. The maximum Gasteiger partial charge on any atom is 0.271 e. The first-order valence-electron chi connectivity index (χ1n) is 8.30. The van der Waals surface area contributed by atoms with Crippen LogP contribution in [-0.4, -0.2) is 35.4 Å². The maximum atomic E-state index is 12.1. The molecule has 0 bridgehead atoms. The number of anilines is 2. The van der Waals surface area contributed by atoms with Gasteiger partial charge in [-0.2, -0.15) is 0 Å². The van der Waals surface area contributed by atoms with Crippen LogP contribution in [0.2, 0.25) is 5.02 Å². The van der Waals surface area contributed by atoms with E-state index in [1.165, 1.54) is 0 Å². The van der Waals surface area contributed by atoms with E-state index in [0.717, 1.165) is 36.3 Å². The summed E-state index contributed by atoms with van der Waals surface area (Å²) in [6.07, 6.45) is 2.12. The Balaban J connectivity index is 1.63. The van der Waals surface area contributed by atoms with Crippen molar-refractivity contribution in [2.24, 2.45) is 0 Å². The highest BCUT2D eigenvalue weighted by Crippen LogP contribution is 2.29. The zero-order chi connectivity index (χ0) is 17.8. The smallest absolute Gasteiger partial charge is 0.271 e. The van der Waals surface area contributed by atoms with Crippen molar-refractivity contribution in [3.8, 4) is 0 Å². The van der Waals surface area contributed by atoms with Gasteiger partial charge in [-0.3, -0.25) is 4.79 Å². The molecule has 1 atom stereocenters. The number of hydrogen-bond acceptors (Lipinski definition) is 5. The van der Waals surface area contributed by atoms with E-state index < -0.39 is 0 Å². The Labute approximate surface area is 151 Å². The lowest BCUT2D eigenvalue weighted by Crippen LogP contribution is -2.32. The number of halogens is 1. The molecule has 0 aliphatic carbocycles. The van der Waals surface area contributed by atoms with E-state index >= 15 is 0 Å². The largest absolute Gasteiger partial charge is 0.376 e. The van der Waals surface area contributed by atoms with E-state index in [4.69, 9.17) is 16.3 Å². The quantitative estimate of drug-likeness (QED) is 0.854. The summed E-state index contributed by atoms with van der Waals surface area (Å²) in [7, 11) is 0. The molecule has 1 aromatic heterocycles. The number of benzene rings is 1. The van der Waals surface area contributed by atoms with Crippen molar-refractivity contribution in [2.45, 2.75) is 32.8 Å². The van der Waals surface area contributed by atoms with Gasteiger partial charge < -0.3 is 15.4 Å². The first kappa shape index (κ1) is 17.6. The number of nitrogens with zero attached hydrogens (tertiary/aromatic N) is 2. The molecule has 1 amide bonds. The number of amides is 1. The van der Waals surface area contributed by atoms with Crippen LogP contribution in [0.15, 0.2) is 24.3 Å². The Morgan fingerprint density at radius 3 is 2.80 bits per heavy atom. The number of carbonyl (C=O) groups excluding carboxylic acids is 1. The first-order valence-corrected chi connectivity index (χ1v) is 8.68. The Morgan fingerprint density at radius 1 is 1.32 bits per heavy atom. The van der Waals surface area contributed by atoms with E-state index in [1.54, 1.807) is 12.1 Å². The van der Waals surface area contributed by atoms with Gasteiger partial charge in [-0.15, -0.1) is 10.2 Å². The standard InChI is InChI=1S/C18H21ClN4O2/c1-11-8-12(2)17(14(19)9-11)21-16-6-5-15(22-23-16)18(24)20-10-13-4-3-7-25-13/h5-6,8-9,13H,3-4,7,10H2,1-2H3,(H,20,24)(H,21,23). The van der Waals surface area contributed by atoms with E-state index in [1.807, 2.05) is 26.0 Å². The zero-order valence-corrected chi connectivity index (χ0v) is 15.1. The predicted molar refractivity (Wildman–Crippen MR) is 97.5 cm³/mol. The van der Waals surface area contributed by atoms with Crippen molar-refractivity contribution in [1.29, 1.82) is 0 Å². The van der Waals surface area contributed by atoms with Crippen LogP contribution in [0, 0.1) is 13.8 Å². The minimum atomic E-state index is -0.251. The lowest BCUT2D eigenvalue weighted by atomic mass is 10.1. The molecule has 0 radical (unpaired) electrons. The van der Waals surface area contributed by atoms with Gasteiger partial charge in [0.05, 0.1) is 16.8 Å². The third-order valence-corrected chi connectivity index (χ3v) is 4.39. The fourth-order valence-corrected chi connectivity index (χ4v) is 3.19. The van der Waals surface area contributed by atoms with E-state index in [2.05, 4.69) is 20.8 Å². The van der Waals surface area contributed by atoms with Gasteiger partial charge in [0, 0.05) is 13.2 Å². The van der Waals surface area contributed by atoms with Crippen molar-refractivity contribution in [1.82, 2.24) is 15.5 Å². The highest BCUT2D eigenvalue weighted by molar-refractivity contribution is 6.33. The van der Waals surface area contributed by atoms with Crippen molar-refractivity contribution >= 4 is 29.0 Å². The molecule has 1 saturated heterocycles. The number of nitrogens with one attached hydrogen (secondary N) is 2. The number of hydrogen-bond donors (Lipinski definition) is 2. The van der Waals surface area contributed by atoms with Crippen molar-refractivity contribution in [2.75, 3.05) is 18.5 Å². The number of aryl methyl sites for hydroxylation is 2. The molecule has 1 aliphatic rings. The van der Waals surface area contributed by atoms with Gasteiger partial charge in [-0.1, -0.05) is 17.7 Å². The van der Waals surface area contributed by atoms with Crippen LogP contribution < -0.4 is 10.6 Å². The van der Waals surface area contributed by atoms with Gasteiger partial charge >= 0.3 is 0 Å². The van der Waals surface area contributed by atoms with Crippen LogP contribution >= 0.6 is 11.6 Å². The number of aromatic nitrogens is 2. The first-order chi connectivity index (χ1) is 12.0. The fourth-order valence-electron chi connectivity index (χ4n) is 2.82. The Hall–Kier alpha value is -2.18. The summed E-state index contributed by atoms with van der Waals surface area (Å²) in [5.74, 6) is 0.281. The van der Waals surface area contributed by atoms with Crippen LogP contribution in [0.1, 0.15) is 34.5 Å². The van der Waals surface area contributed by atoms with Gasteiger partial charge in [0.25, 0.3) is 5.91 Å². The van der Waals surface area contributed by atoms with Gasteiger partial charge in [0.15, 0.2) is 11.5 Å². The van der Waals surface area contributed by atoms with E-state index in [9.17, 15) is 4.79 Å². The van der Waals surface area contributed by atoms with Crippen molar-refractivity contribution in [3.63, 3.8) is 0 Å². The van der Waals surface area contributed by atoms with Crippen LogP contribution in [-0.2, 0) is 4.74 Å². The molecule has 6 nitrogen and oxygen atoms in total. The highest BCUT2D eigenvalue weighted by Gasteiger charge is 2.17. The normalized spacial score (nSPS) is 16.7. The molecular weight excluding hydrogens is 340 g/mol. The van der Waals surface area contributed by atoms with Crippen molar-refractivity contribution in [3.05, 3.63) is 46.1 Å². The zero-order valence-electron chi connectivity index (χ0n) is 14.3. The summed E-state index contributed by atoms with van der Waals surface area (Å²) >= 11 is 6.28. The third-order valence-electron chi connectivity index (χ3n) is 4.10. The molecule has 0 saturated carbocycles. The average molecular weight is 361 g/mol. The Morgan fingerprint density at radius 2 is 2.16 bits per heavy atom. The number of carbonyl (C=O) groups is 1. The summed E-state index contributed by atoms with van der Waals surface area (Å²) in [4.78, 5) is 12.1. The van der Waals surface area contributed by atoms with Crippen LogP contribution in [0.5, 0.6) is 0 Å². The summed E-state index contributed by atoms with van der Waals surface area (Å²) in [6, 6.07) is 7.27. The van der Waals surface area contributed by atoms with Gasteiger partial charge in [0.1, 0.15) is 0 Å². The maximum absolute atomic E-state index is 12.1. The van der Waals surface area contributed by atoms with Gasteiger partial charge in [-0.25, -0.2) is 0 Å². The molecule has 0 spiro atoms. The van der Waals surface area contributed by atoms with Gasteiger partial charge in [0.2, 0.25) is 0 Å². The molecule has 1 aliphatic heterocycles. The monoisotopic (exact) mass is 360 g/mol. The summed E-state index contributed by atoms with van der Waals surface area (Å²) in [5.41, 5.74) is 3.18. The molecule has 1 unspecified atom stereocenters. The summed E-state index contributed by atoms with van der Waals surface area (Å²) in [5, 5.41) is 14.7. The molecule has 25 heavy (non-hydrogen) atoms. The number of rotatable bonds is 5. The fraction of sp³-hybridized carbons (Fsp3) is 0.389. The Bertz CT molecular complexity index is 735. The second-order valence-electron chi connectivity index (χ2n) is 6.21. The molecule has 1 fully saturated rings. The van der Waals surface area contributed by atoms with E-state index in [-0.39, 0.29) is 17.7 Å². The summed E-state index contributed by atoms with van der Waals surface area (Å²) < 4.78 is 5.48.